The molecule has 0 aliphatic carbocycles. The van der Waals surface area contributed by atoms with Gasteiger partial charge in [-0.1, -0.05) is 43.7 Å². The van der Waals surface area contributed by atoms with E-state index in [1.165, 1.54) is 22.2 Å². The lowest BCUT2D eigenvalue weighted by atomic mass is 10.1. The zero-order valence-electron chi connectivity index (χ0n) is 18.4. The van der Waals surface area contributed by atoms with Crippen LogP contribution in [0.2, 0.25) is 0 Å². The number of rotatable bonds is 7. The van der Waals surface area contributed by atoms with Crippen LogP contribution >= 0.6 is 0 Å². The second kappa shape index (κ2) is 9.20. The first kappa shape index (κ1) is 23.0. The van der Waals surface area contributed by atoms with Gasteiger partial charge in [-0.15, -0.1) is 0 Å². The topological polar surface area (TPSA) is 86.8 Å². The highest BCUT2D eigenvalue weighted by Crippen LogP contribution is 2.35. The first-order chi connectivity index (χ1) is 14.7. The molecule has 31 heavy (non-hydrogen) atoms. The van der Waals surface area contributed by atoms with E-state index in [1.807, 2.05) is 31.2 Å². The maximum Gasteiger partial charge on any atom is 0.243 e. The van der Waals surface area contributed by atoms with Crippen molar-refractivity contribution in [3.63, 3.8) is 0 Å². The molecule has 166 valence electrons. The summed E-state index contributed by atoms with van der Waals surface area (Å²) in [5.74, 6) is -0.520. The Balaban J connectivity index is 1.83. The highest BCUT2D eigenvalue weighted by atomic mass is 32.2. The predicted octanol–water partition coefficient (Wildman–Crippen LogP) is 2.62. The molecular weight excluding hydrogens is 414 g/mol. The van der Waals surface area contributed by atoms with Crippen LogP contribution in [0.5, 0.6) is 0 Å². The van der Waals surface area contributed by atoms with Crippen LogP contribution in [0.15, 0.2) is 47.4 Å². The van der Waals surface area contributed by atoms with Crippen LogP contribution in [0.3, 0.4) is 0 Å². The van der Waals surface area contributed by atoms with E-state index in [0.29, 0.717) is 30.9 Å². The van der Waals surface area contributed by atoms with Gasteiger partial charge in [0.2, 0.25) is 21.8 Å². The summed E-state index contributed by atoms with van der Waals surface area (Å²) in [5, 5.41) is 2.90. The minimum Gasteiger partial charge on any atom is -0.350 e. The van der Waals surface area contributed by atoms with E-state index in [1.54, 1.807) is 26.0 Å². The third kappa shape index (κ3) is 4.65. The summed E-state index contributed by atoms with van der Waals surface area (Å²) < 4.78 is 27.1. The Kier molecular flexibility index (Phi) is 6.81. The van der Waals surface area contributed by atoms with Crippen LogP contribution in [0.1, 0.15) is 37.5 Å². The van der Waals surface area contributed by atoms with Gasteiger partial charge in [-0.2, -0.15) is 4.31 Å². The third-order valence-corrected chi connectivity index (χ3v) is 7.65. The van der Waals surface area contributed by atoms with Crippen molar-refractivity contribution < 1.29 is 18.0 Å². The molecule has 2 amide bonds. The summed E-state index contributed by atoms with van der Waals surface area (Å²) >= 11 is 0. The Bertz CT molecular complexity index is 1080. The number of nitrogens with one attached hydrogen (secondary N) is 1. The van der Waals surface area contributed by atoms with Gasteiger partial charge in [0.15, 0.2) is 0 Å². The molecule has 1 aliphatic rings. The second-order valence-electron chi connectivity index (χ2n) is 7.69. The second-order valence-corrected chi connectivity index (χ2v) is 9.63. The number of amides is 2. The number of carbonyl (C=O) groups is 2. The van der Waals surface area contributed by atoms with Gasteiger partial charge >= 0.3 is 0 Å². The van der Waals surface area contributed by atoms with Crippen molar-refractivity contribution in [3.05, 3.63) is 59.2 Å². The van der Waals surface area contributed by atoms with Gasteiger partial charge in [0.25, 0.3) is 0 Å². The van der Waals surface area contributed by atoms with Crippen molar-refractivity contribution >= 4 is 27.5 Å². The number of hydrogen-bond donors (Lipinski definition) is 1. The first-order valence-electron chi connectivity index (χ1n) is 10.4. The van der Waals surface area contributed by atoms with E-state index in [-0.39, 0.29) is 23.1 Å². The molecule has 0 spiro atoms. The molecule has 0 fully saturated rings. The molecule has 0 aromatic heterocycles. The van der Waals surface area contributed by atoms with Crippen LogP contribution in [0.25, 0.3) is 0 Å². The summed E-state index contributed by atoms with van der Waals surface area (Å²) in [7, 11) is -3.62. The zero-order chi connectivity index (χ0) is 22.8. The molecule has 2 aromatic carbocycles. The van der Waals surface area contributed by atoms with E-state index in [0.717, 1.165) is 11.1 Å². The number of benzene rings is 2. The zero-order valence-corrected chi connectivity index (χ0v) is 19.2. The third-order valence-electron chi connectivity index (χ3n) is 5.61. The largest absolute Gasteiger partial charge is 0.350 e. The van der Waals surface area contributed by atoms with Gasteiger partial charge in [-0.3, -0.25) is 14.5 Å². The van der Waals surface area contributed by atoms with Crippen molar-refractivity contribution in [3.8, 4) is 0 Å². The molecule has 1 heterocycles. The minimum atomic E-state index is -3.62. The van der Waals surface area contributed by atoms with Gasteiger partial charge in [0, 0.05) is 38.7 Å². The van der Waals surface area contributed by atoms with E-state index in [2.05, 4.69) is 5.32 Å². The highest BCUT2D eigenvalue weighted by Gasteiger charge is 2.37. The maximum atomic E-state index is 12.9. The fourth-order valence-electron chi connectivity index (χ4n) is 3.91. The van der Waals surface area contributed by atoms with Crippen molar-refractivity contribution in [1.82, 2.24) is 9.62 Å². The van der Waals surface area contributed by atoms with Crippen LogP contribution in [-0.4, -0.2) is 43.7 Å². The first-order valence-corrected chi connectivity index (χ1v) is 11.9. The van der Waals surface area contributed by atoms with Gasteiger partial charge < -0.3 is 5.32 Å². The number of fused-ring (bicyclic) bond motifs is 1. The molecule has 7 nitrogen and oxygen atoms in total. The summed E-state index contributed by atoms with van der Waals surface area (Å²) in [6.45, 7) is 8.10. The Morgan fingerprint density at radius 3 is 2.32 bits per heavy atom. The number of aryl methyl sites for hydroxylation is 1. The maximum absolute atomic E-state index is 12.9. The Morgan fingerprint density at radius 1 is 1.10 bits per heavy atom. The molecule has 1 atom stereocenters. The summed E-state index contributed by atoms with van der Waals surface area (Å²) in [6, 6.07) is 11.9. The SMILES string of the molecule is CCN(CC)S(=O)(=O)c1ccc2c(c1)C[C@@H](C(=O)NCc1ccc(C)cc1)N2C(C)=O. The van der Waals surface area contributed by atoms with E-state index < -0.39 is 16.1 Å². The van der Waals surface area contributed by atoms with Gasteiger partial charge in [-0.05, 0) is 36.2 Å². The molecule has 1 N–H and O–H groups in total. The lowest BCUT2D eigenvalue weighted by Gasteiger charge is -2.23. The lowest BCUT2D eigenvalue weighted by Crippen LogP contribution is -2.47. The van der Waals surface area contributed by atoms with Gasteiger partial charge in [0.05, 0.1) is 4.90 Å². The predicted molar refractivity (Wildman–Crippen MR) is 120 cm³/mol. The highest BCUT2D eigenvalue weighted by molar-refractivity contribution is 7.89. The molecule has 0 unspecified atom stereocenters. The average Bonchev–Trinajstić information content (AvgIpc) is 3.13. The average molecular weight is 444 g/mol. The number of nitrogens with zero attached hydrogens (tertiary/aromatic N) is 2. The van der Waals surface area contributed by atoms with Crippen LogP contribution in [0.4, 0.5) is 5.69 Å². The van der Waals surface area contributed by atoms with Crippen LogP contribution in [-0.2, 0) is 32.6 Å². The standard InChI is InChI=1S/C23H29N3O4S/c1-5-25(6-2)31(29,30)20-11-12-21-19(13-20)14-22(26(21)17(4)27)23(28)24-15-18-9-7-16(3)8-10-18/h7-13,22H,5-6,14-15H2,1-4H3,(H,24,28)/t22-/m0/s1. The van der Waals surface area contributed by atoms with Crippen molar-refractivity contribution in [2.45, 2.75) is 51.6 Å². The molecule has 3 rings (SSSR count). The van der Waals surface area contributed by atoms with Crippen molar-refractivity contribution in [1.29, 1.82) is 0 Å². The van der Waals surface area contributed by atoms with Gasteiger partial charge in [0.1, 0.15) is 6.04 Å². The Labute approximate surface area is 184 Å². The minimum absolute atomic E-state index is 0.180. The van der Waals surface area contributed by atoms with Crippen LogP contribution < -0.4 is 10.2 Å². The molecular formula is C23H29N3O4S. The van der Waals surface area contributed by atoms with E-state index >= 15 is 0 Å². The fraction of sp³-hybridized carbons (Fsp3) is 0.391. The van der Waals surface area contributed by atoms with Crippen molar-refractivity contribution in [2.24, 2.45) is 0 Å². The van der Waals surface area contributed by atoms with Crippen molar-refractivity contribution in [2.75, 3.05) is 18.0 Å². The van der Waals surface area contributed by atoms with Crippen LogP contribution in [0, 0.1) is 6.92 Å². The number of hydrogen-bond acceptors (Lipinski definition) is 4. The quantitative estimate of drug-likeness (QED) is 0.713. The lowest BCUT2D eigenvalue weighted by molar-refractivity contribution is -0.125. The normalized spacial score (nSPS) is 15.8. The molecule has 0 radical (unpaired) electrons. The van der Waals surface area contributed by atoms with E-state index in [4.69, 9.17) is 0 Å². The molecule has 0 bridgehead atoms. The smallest absolute Gasteiger partial charge is 0.243 e. The molecule has 8 heteroatoms. The number of carbonyl (C=O) groups excluding carboxylic acids is 2. The summed E-state index contributed by atoms with van der Waals surface area (Å²) in [6.07, 6.45) is 0.274. The number of sulfonamides is 1. The molecule has 0 saturated heterocycles. The molecule has 1 aliphatic heterocycles. The summed E-state index contributed by atoms with van der Waals surface area (Å²) in [5.41, 5.74) is 3.37. The van der Waals surface area contributed by atoms with Gasteiger partial charge in [-0.25, -0.2) is 8.42 Å². The fourth-order valence-corrected chi connectivity index (χ4v) is 5.42. The summed E-state index contributed by atoms with van der Waals surface area (Å²) in [4.78, 5) is 26.9. The van der Waals surface area contributed by atoms with E-state index in [9.17, 15) is 18.0 Å². The molecule has 2 aromatic rings. The Hall–Kier alpha value is -2.71. The Morgan fingerprint density at radius 2 is 1.74 bits per heavy atom. The molecule has 0 saturated carbocycles. The number of anilines is 1. The monoisotopic (exact) mass is 443 g/mol.